The first-order chi connectivity index (χ1) is 8.93. The summed E-state index contributed by atoms with van der Waals surface area (Å²) in [7, 11) is 1.60. The second kappa shape index (κ2) is 5.09. The first kappa shape index (κ1) is 13.7. The van der Waals surface area contributed by atoms with Crippen molar-refractivity contribution in [3.63, 3.8) is 0 Å². The monoisotopic (exact) mass is 263 g/mol. The second-order valence-electron chi connectivity index (χ2n) is 5.37. The third kappa shape index (κ3) is 2.98. The number of hydrogen-bond donors (Lipinski definition) is 3. The number of piperidine rings is 1. The fourth-order valence-electron chi connectivity index (χ4n) is 2.53. The fourth-order valence-corrected chi connectivity index (χ4v) is 2.53. The molecule has 4 N–H and O–H groups in total. The molecule has 1 aromatic rings. The van der Waals surface area contributed by atoms with E-state index in [0.29, 0.717) is 17.8 Å². The Hall–Kier alpha value is -1.75. The highest BCUT2D eigenvalue weighted by atomic mass is 16.3. The number of nitrogens with zero attached hydrogens (tertiary/aromatic N) is 1. The van der Waals surface area contributed by atoms with E-state index in [1.807, 2.05) is 11.8 Å². The number of nitrogen functional groups attached to an aromatic ring is 1. The van der Waals surface area contributed by atoms with E-state index >= 15 is 0 Å². The Morgan fingerprint density at radius 3 is 2.89 bits per heavy atom. The van der Waals surface area contributed by atoms with Gasteiger partial charge in [-0.25, -0.2) is 0 Å². The van der Waals surface area contributed by atoms with E-state index in [0.717, 1.165) is 25.1 Å². The van der Waals surface area contributed by atoms with Crippen molar-refractivity contribution in [2.75, 3.05) is 30.8 Å². The van der Waals surface area contributed by atoms with Crippen molar-refractivity contribution in [1.29, 1.82) is 0 Å². The van der Waals surface area contributed by atoms with Gasteiger partial charge in [-0.15, -0.1) is 0 Å². The Bertz CT molecular complexity index is 486. The van der Waals surface area contributed by atoms with Crippen molar-refractivity contribution in [3.05, 3.63) is 23.8 Å². The molecule has 0 aromatic heterocycles. The maximum absolute atomic E-state index is 11.7. The van der Waals surface area contributed by atoms with E-state index in [4.69, 9.17) is 5.73 Å². The smallest absolute Gasteiger partial charge is 0.251 e. The molecule has 1 atom stereocenters. The van der Waals surface area contributed by atoms with Crippen molar-refractivity contribution in [2.24, 2.45) is 0 Å². The molecular formula is C14H21N3O2. The van der Waals surface area contributed by atoms with Crippen LogP contribution in [0.5, 0.6) is 0 Å². The molecule has 1 aromatic carbocycles. The molecule has 1 amide bonds. The summed E-state index contributed by atoms with van der Waals surface area (Å²) in [4.78, 5) is 13.7. The predicted octanol–water partition coefficient (Wildman–Crippen LogP) is 0.980. The molecule has 1 heterocycles. The predicted molar refractivity (Wildman–Crippen MR) is 76.3 cm³/mol. The number of nitrogens with one attached hydrogen (secondary N) is 1. The van der Waals surface area contributed by atoms with Gasteiger partial charge in [-0.3, -0.25) is 4.79 Å². The molecule has 0 aliphatic carbocycles. The van der Waals surface area contributed by atoms with Crippen LogP contribution in [0.4, 0.5) is 11.4 Å². The van der Waals surface area contributed by atoms with E-state index in [1.54, 1.807) is 25.2 Å². The van der Waals surface area contributed by atoms with Crippen molar-refractivity contribution in [3.8, 4) is 0 Å². The minimum absolute atomic E-state index is 0.134. The van der Waals surface area contributed by atoms with Crippen LogP contribution in [0, 0.1) is 0 Å². The SMILES string of the molecule is CNC(=O)c1ccc(N)c(N2CCCC(C)(O)C2)c1. The molecule has 1 aliphatic rings. The van der Waals surface area contributed by atoms with Gasteiger partial charge in [-0.2, -0.15) is 0 Å². The summed E-state index contributed by atoms with van der Waals surface area (Å²) >= 11 is 0. The van der Waals surface area contributed by atoms with Gasteiger partial charge in [0.1, 0.15) is 0 Å². The van der Waals surface area contributed by atoms with Crippen LogP contribution >= 0.6 is 0 Å². The third-order valence-corrected chi connectivity index (χ3v) is 3.54. The van der Waals surface area contributed by atoms with Gasteiger partial charge in [0.05, 0.1) is 17.0 Å². The van der Waals surface area contributed by atoms with Crippen LogP contribution < -0.4 is 16.0 Å². The van der Waals surface area contributed by atoms with Gasteiger partial charge in [0, 0.05) is 25.7 Å². The van der Waals surface area contributed by atoms with Crippen LogP contribution in [-0.4, -0.2) is 36.8 Å². The normalized spacial score (nSPS) is 23.2. The highest BCUT2D eigenvalue weighted by Crippen LogP contribution is 2.30. The number of aliphatic hydroxyl groups is 1. The molecule has 104 valence electrons. The summed E-state index contributed by atoms with van der Waals surface area (Å²) in [5.74, 6) is -0.134. The lowest BCUT2D eigenvalue weighted by Gasteiger charge is -2.38. The molecule has 1 fully saturated rings. The molecule has 0 bridgehead atoms. The molecule has 5 heteroatoms. The van der Waals surface area contributed by atoms with E-state index < -0.39 is 5.60 Å². The van der Waals surface area contributed by atoms with Crippen molar-refractivity contribution in [2.45, 2.75) is 25.4 Å². The van der Waals surface area contributed by atoms with Gasteiger partial charge in [0.15, 0.2) is 0 Å². The number of rotatable bonds is 2. The number of benzene rings is 1. The minimum Gasteiger partial charge on any atom is -0.397 e. The number of carbonyl (C=O) groups is 1. The maximum atomic E-state index is 11.7. The van der Waals surface area contributed by atoms with Crippen LogP contribution in [0.15, 0.2) is 18.2 Å². The average Bonchev–Trinajstić information content (AvgIpc) is 2.37. The lowest BCUT2D eigenvalue weighted by atomic mass is 9.94. The Kier molecular flexibility index (Phi) is 3.66. The van der Waals surface area contributed by atoms with Crippen LogP contribution in [0.3, 0.4) is 0 Å². The van der Waals surface area contributed by atoms with E-state index in [2.05, 4.69) is 5.32 Å². The molecule has 1 aliphatic heterocycles. The van der Waals surface area contributed by atoms with Gasteiger partial charge in [0.2, 0.25) is 0 Å². The molecule has 1 saturated heterocycles. The second-order valence-corrected chi connectivity index (χ2v) is 5.37. The summed E-state index contributed by atoms with van der Waals surface area (Å²) in [6.45, 7) is 3.21. The summed E-state index contributed by atoms with van der Waals surface area (Å²) in [5, 5.41) is 12.8. The quantitative estimate of drug-likeness (QED) is 0.695. The first-order valence-corrected chi connectivity index (χ1v) is 6.52. The topological polar surface area (TPSA) is 78.6 Å². The summed E-state index contributed by atoms with van der Waals surface area (Å²) < 4.78 is 0. The lowest BCUT2D eigenvalue weighted by molar-refractivity contribution is 0.0450. The van der Waals surface area contributed by atoms with Gasteiger partial charge in [0.25, 0.3) is 5.91 Å². The molecule has 19 heavy (non-hydrogen) atoms. The van der Waals surface area contributed by atoms with Crippen LogP contribution in [0.25, 0.3) is 0 Å². The molecule has 2 rings (SSSR count). The Morgan fingerprint density at radius 2 is 2.26 bits per heavy atom. The van der Waals surface area contributed by atoms with E-state index in [9.17, 15) is 9.90 Å². The summed E-state index contributed by atoms with van der Waals surface area (Å²) in [6.07, 6.45) is 1.70. The van der Waals surface area contributed by atoms with Crippen LogP contribution in [0.2, 0.25) is 0 Å². The molecule has 5 nitrogen and oxygen atoms in total. The number of carbonyl (C=O) groups excluding carboxylic acids is 1. The fraction of sp³-hybridized carbons (Fsp3) is 0.500. The van der Waals surface area contributed by atoms with Gasteiger partial charge < -0.3 is 21.1 Å². The number of hydrogen-bond acceptors (Lipinski definition) is 4. The zero-order valence-electron chi connectivity index (χ0n) is 11.4. The van der Waals surface area contributed by atoms with Gasteiger partial charge >= 0.3 is 0 Å². The highest BCUT2D eigenvalue weighted by molar-refractivity contribution is 5.96. The van der Waals surface area contributed by atoms with Crippen LogP contribution in [-0.2, 0) is 0 Å². The Morgan fingerprint density at radius 1 is 1.53 bits per heavy atom. The van der Waals surface area contributed by atoms with Crippen molar-refractivity contribution >= 4 is 17.3 Å². The number of nitrogens with two attached hydrogens (primary N) is 1. The Labute approximate surface area is 113 Å². The number of anilines is 2. The van der Waals surface area contributed by atoms with Crippen molar-refractivity contribution < 1.29 is 9.90 Å². The van der Waals surface area contributed by atoms with E-state index in [1.165, 1.54) is 0 Å². The summed E-state index contributed by atoms with van der Waals surface area (Å²) in [6, 6.07) is 5.23. The molecule has 0 radical (unpaired) electrons. The number of amides is 1. The summed E-state index contributed by atoms with van der Waals surface area (Å²) in [5.41, 5.74) is 7.33. The Balaban J connectivity index is 2.30. The number of β-amino-alcohol motifs (C(OH)–C–C–N with tert-alkyl or cyclic N) is 1. The zero-order valence-corrected chi connectivity index (χ0v) is 11.4. The average molecular weight is 263 g/mol. The zero-order chi connectivity index (χ0) is 14.0. The van der Waals surface area contributed by atoms with Gasteiger partial charge in [-0.05, 0) is 38.0 Å². The lowest BCUT2D eigenvalue weighted by Crippen LogP contribution is -2.46. The molecular weight excluding hydrogens is 242 g/mol. The van der Waals surface area contributed by atoms with E-state index in [-0.39, 0.29) is 5.91 Å². The van der Waals surface area contributed by atoms with Crippen molar-refractivity contribution in [1.82, 2.24) is 5.32 Å². The molecule has 0 saturated carbocycles. The highest BCUT2D eigenvalue weighted by Gasteiger charge is 2.29. The van der Waals surface area contributed by atoms with Crippen LogP contribution in [0.1, 0.15) is 30.1 Å². The molecule has 0 spiro atoms. The first-order valence-electron chi connectivity index (χ1n) is 6.52. The minimum atomic E-state index is -0.701. The van der Waals surface area contributed by atoms with Gasteiger partial charge in [-0.1, -0.05) is 0 Å². The standard InChI is InChI=1S/C14H21N3O2/c1-14(19)6-3-7-17(9-14)12-8-10(13(18)16-2)4-5-11(12)15/h4-5,8,19H,3,6-7,9,15H2,1-2H3,(H,16,18). The largest absolute Gasteiger partial charge is 0.397 e. The molecule has 1 unspecified atom stereocenters. The third-order valence-electron chi connectivity index (χ3n) is 3.54. The maximum Gasteiger partial charge on any atom is 0.251 e.